The second-order valence-corrected chi connectivity index (χ2v) is 6.02. The first-order chi connectivity index (χ1) is 7.86. The molecule has 0 saturated carbocycles. The largest absolute Gasteiger partial charge is 0.205 e. The van der Waals surface area contributed by atoms with Crippen molar-refractivity contribution >= 4 is 34.0 Å². The average Bonchev–Trinajstić information content (AvgIpc) is 2.95. The molecule has 0 aliphatic carbocycles. The molecule has 0 bridgehead atoms. The monoisotopic (exact) mass is 266 g/mol. The molecule has 0 N–H and O–H groups in total. The average molecular weight is 266 g/mol. The molecule has 0 amide bonds. The maximum absolute atomic E-state index is 13.6. The number of thiophene rings is 3. The van der Waals surface area contributed by atoms with Crippen molar-refractivity contribution in [2.24, 2.45) is 0 Å². The van der Waals surface area contributed by atoms with E-state index in [4.69, 9.17) is 0 Å². The molecule has 3 aromatic heterocycles. The van der Waals surface area contributed by atoms with Crippen LogP contribution in [0, 0.1) is 5.82 Å². The van der Waals surface area contributed by atoms with Gasteiger partial charge < -0.3 is 0 Å². The van der Waals surface area contributed by atoms with Crippen molar-refractivity contribution < 1.29 is 4.39 Å². The Morgan fingerprint density at radius 3 is 2.31 bits per heavy atom. The number of hydrogen-bond acceptors (Lipinski definition) is 3. The van der Waals surface area contributed by atoms with Gasteiger partial charge in [-0.2, -0.15) is 0 Å². The molecule has 3 aromatic rings. The van der Waals surface area contributed by atoms with E-state index in [1.54, 1.807) is 28.1 Å². The van der Waals surface area contributed by atoms with Gasteiger partial charge in [-0.25, -0.2) is 4.39 Å². The fourth-order valence-corrected chi connectivity index (χ4v) is 4.25. The van der Waals surface area contributed by atoms with Crippen molar-refractivity contribution in [2.45, 2.75) is 0 Å². The van der Waals surface area contributed by atoms with Crippen LogP contribution in [-0.4, -0.2) is 0 Å². The minimum atomic E-state index is -0.120. The predicted molar refractivity (Wildman–Crippen MR) is 70.9 cm³/mol. The third-order valence-electron chi connectivity index (χ3n) is 2.28. The molecule has 0 spiro atoms. The lowest BCUT2D eigenvalue weighted by Crippen LogP contribution is -1.74. The lowest BCUT2D eigenvalue weighted by Gasteiger charge is -1.98. The molecule has 0 fully saturated rings. The van der Waals surface area contributed by atoms with Crippen LogP contribution < -0.4 is 0 Å². The topological polar surface area (TPSA) is 0 Å². The van der Waals surface area contributed by atoms with Crippen LogP contribution >= 0.6 is 34.0 Å². The lowest BCUT2D eigenvalue weighted by molar-refractivity contribution is 0.636. The molecule has 0 nitrogen and oxygen atoms in total. The summed E-state index contributed by atoms with van der Waals surface area (Å²) in [6.45, 7) is 0. The molecule has 0 unspecified atom stereocenters. The number of rotatable bonds is 2. The van der Waals surface area contributed by atoms with Crippen molar-refractivity contribution in [2.75, 3.05) is 0 Å². The molecule has 0 saturated heterocycles. The van der Waals surface area contributed by atoms with Gasteiger partial charge >= 0.3 is 0 Å². The highest BCUT2D eigenvalue weighted by Crippen LogP contribution is 2.41. The van der Waals surface area contributed by atoms with E-state index in [2.05, 4.69) is 12.1 Å². The summed E-state index contributed by atoms with van der Waals surface area (Å²) in [6, 6.07) is 7.68. The van der Waals surface area contributed by atoms with Gasteiger partial charge in [0.1, 0.15) is 5.82 Å². The highest BCUT2D eigenvalue weighted by molar-refractivity contribution is 7.21. The summed E-state index contributed by atoms with van der Waals surface area (Å²) in [5.74, 6) is -0.120. The van der Waals surface area contributed by atoms with Crippen LogP contribution in [0.4, 0.5) is 4.39 Å². The lowest BCUT2D eigenvalue weighted by atomic mass is 10.2. The molecule has 4 heteroatoms. The fraction of sp³-hybridized carbons (Fsp3) is 0. The van der Waals surface area contributed by atoms with Gasteiger partial charge in [-0.05, 0) is 34.3 Å². The van der Waals surface area contributed by atoms with Gasteiger partial charge in [0.15, 0.2) is 0 Å². The number of halogens is 1. The van der Waals surface area contributed by atoms with Gasteiger partial charge in [-0.3, -0.25) is 0 Å². The molecular formula is C12H7FS3. The van der Waals surface area contributed by atoms with Crippen molar-refractivity contribution in [3.8, 4) is 20.2 Å². The van der Waals surface area contributed by atoms with E-state index >= 15 is 0 Å². The molecule has 0 atom stereocenters. The van der Waals surface area contributed by atoms with E-state index in [-0.39, 0.29) is 5.82 Å². The SMILES string of the molecule is Fc1ccsc1-c1sccc1-c1cccs1. The van der Waals surface area contributed by atoms with Gasteiger partial charge in [0.05, 0.1) is 9.75 Å². The molecular weight excluding hydrogens is 259 g/mol. The van der Waals surface area contributed by atoms with Crippen molar-refractivity contribution in [3.05, 3.63) is 46.2 Å². The van der Waals surface area contributed by atoms with E-state index in [0.717, 1.165) is 15.3 Å². The highest BCUT2D eigenvalue weighted by atomic mass is 32.1. The highest BCUT2D eigenvalue weighted by Gasteiger charge is 2.14. The van der Waals surface area contributed by atoms with Crippen molar-refractivity contribution in [3.63, 3.8) is 0 Å². The Labute approximate surface area is 105 Å². The van der Waals surface area contributed by atoms with E-state index < -0.39 is 0 Å². The zero-order valence-electron chi connectivity index (χ0n) is 8.14. The third kappa shape index (κ3) is 1.63. The number of hydrogen-bond donors (Lipinski definition) is 0. The Bertz CT molecular complexity index is 589. The van der Waals surface area contributed by atoms with Gasteiger partial charge in [0.25, 0.3) is 0 Å². The Morgan fingerprint density at radius 2 is 1.62 bits per heavy atom. The second kappa shape index (κ2) is 4.13. The maximum Gasteiger partial charge on any atom is 0.142 e. The van der Waals surface area contributed by atoms with E-state index in [0.29, 0.717) is 0 Å². The van der Waals surface area contributed by atoms with E-state index in [1.165, 1.54) is 22.3 Å². The Kier molecular flexibility index (Phi) is 2.63. The summed E-state index contributed by atoms with van der Waals surface area (Å²) in [5.41, 5.74) is 1.14. The summed E-state index contributed by atoms with van der Waals surface area (Å²) >= 11 is 4.74. The van der Waals surface area contributed by atoms with Crippen LogP contribution in [0.1, 0.15) is 0 Å². The molecule has 80 valence electrons. The zero-order valence-corrected chi connectivity index (χ0v) is 10.6. The van der Waals surface area contributed by atoms with Crippen LogP contribution in [0.2, 0.25) is 0 Å². The summed E-state index contributed by atoms with van der Waals surface area (Å²) in [5, 5.41) is 5.85. The Morgan fingerprint density at radius 1 is 0.812 bits per heavy atom. The standard InChI is InChI=1S/C12H7FS3/c13-9-4-7-16-12(9)11-8(3-6-15-11)10-2-1-5-14-10/h1-7H. The summed E-state index contributed by atoms with van der Waals surface area (Å²) < 4.78 is 13.6. The van der Waals surface area contributed by atoms with Crippen LogP contribution in [0.5, 0.6) is 0 Å². The van der Waals surface area contributed by atoms with Gasteiger partial charge in [-0.15, -0.1) is 34.0 Å². The zero-order chi connectivity index (χ0) is 11.0. The molecule has 16 heavy (non-hydrogen) atoms. The van der Waals surface area contributed by atoms with Gasteiger partial charge in [0, 0.05) is 10.4 Å². The first-order valence-corrected chi connectivity index (χ1v) is 7.35. The minimum Gasteiger partial charge on any atom is -0.205 e. The molecule has 3 rings (SSSR count). The van der Waals surface area contributed by atoms with Crippen LogP contribution in [0.25, 0.3) is 20.2 Å². The Balaban J connectivity index is 2.17. The first kappa shape index (κ1) is 10.2. The fourth-order valence-electron chi connectivity index (χ4n) is 1.57. The summed E-state index contributed by atoms with van der Waals surface area (Å²) in [4.78, 5) is 2.98. The maximum atomic E-state index is 13.6. The van der Waals surface area contributed by atoms with E-state index in [1.807, 2.05) is 16.8 Å². The minimum absolute atomic E-state index is 0.120. The molecule has 0 aromatic carbocycles. The van der Waals surface area contributed by atoms with Gasteiger partial charge in [0.2, 0.25) is 0 Å². The summed E-state index contributed by atoms with van der Waals surface area (Å²) in [7, 11) is 0. The Hall–Kier alpha value is -0.970. The van der Waals surface area contributed by atoms with Crippen molar-refractivity contribution in [1.29, 1.82) is 0 Å². The van der Waals surface area contributed by atoms with Gasteiger partial charge in [-0.1, -0.05) is 6.07 Å². The normalized spacial score (nSPS) is 10.8. The van der Waals surface area contributed by atoms with Crippen molar-refractivity contribution in [1.82, 2.24) is 0 Å². The van der Waals surface area contributed by atoms with Crippen LogP contribution in [-0.2, 0) is 0 Å². The second-order valence-electron chi connectivity index (χ2n) is 3.24. The van der Waals surface area contributed by atoms with Crippen LogP contribution in [0.3, 0.4) is 0 Å². The molecule has 0 radical (unpaired) electrons. The smallest absolute Gasteiger partial charge is 0.142 e. The van der Waals surface area contributed by atoms with Crippen LogP contribution in [0.15, 0.2) is 40.4 Å². The third-order valence-corrected chi connectivity index (χ3v) is 5.15. The first-order valence-electron chi connectivity index (χ1n) is 4.71. The summed E-state index contributed by atoms with van der Waals surface area (Å²) in [6.07, 6.45) is 0. The molecule has 0 aliphatic heterocycles. The van der Waals surface area contributed by atoms with E-state index in [9.17, 15) is 4.39 Å². The predicted octanol–water partition coefficient (Wildman–Crippen LogP) is 5.34. The molecule has 3 heterocycles. The molecule has 0 aliphatic rings. The quantitative estimate of drug-likeness (QED) is 0.587.